The van der Waals surface area contributed by atoms with Gasteiger partial charge in [0, 0.05) is 22.2 Å². The number of aromatic amines is 1. The van der Waals surface area contributed by atoms with E-state index >= 15 is 0 Å². The molecule has 7 heteroatoms. The van der Waals surface area contributed by atoms with Gasteiger partial charge < -0.3 is 10.7 Å². The molecule has 0 aliphatic heterocycles. The standard InChI is InChI=1S/C12H11ClN4OS/c1-6-4-10(18)17-12(16-6)19-7-2-3-8(11(14)15)9(13)5-7/h2-5H,1H3,(H3,14,15)(H,16,17,18). The van der Waals surface area contributed by atoms with E-state index in [0.717, 1.165) is 4.90 Å². The summed E-state index contributed by atoms with van der Waals surface area (Å²) >= 11 is 7.31. The van der Waals surface area contributed by atoms with Crippen LogP contribution in [-0.2, 0) is 0 Å². The highest BCUT2D eigenvalue weighted by Crippen LogP contribution is 2.28. The quantitative estimate of drug-likeness (QED) is 0.459. The van der Waals surface area contributed by atoms with Gasteiger partial charge in [0.15, 0.2) is 5.16 Å². The van der Waals surface area contributed by atoms with Crippen molar-refractivity contribution in [1.29, 1.82) is 5.41 Å². The molecule has 0 bridgehead atoms. The Kier molecular flexibility index (Phi) is 3.92. The van der Waals surface area contributed by atoms with Gasteiger partial charge in [-0.15, -0.1) is 0 Å². The molecule has 1 heterocycles. The van der Waals surface area contributed by atoms with Crippen LogP contribution < -0.4 is 11.3 Å². The van der Waals surface area contributed by atoms with Crippen molar-refractivity contribution < 1.29 is 0 Å². The molecule has 2 aromatic rings. The molecule has 0 aliphatic rings. The van der Waals surface area contributed by atoms with Crippen molar-refractivity contribution in [1.82, 2.24) is 9.97 Å². The van der Waals surface area contributed by atoms with Crippen molar-refractivity contribution in [2.45, 2.75) is 17.0 Å². The maximum Gasteiger partial charge on any atom is 0.251 e. The zero-order valence-corrected chi connectivity index (χ0v) is 11.6. The third-order valence-corrected chi connectivity index (χ3v) is 3.48. The van der Waals surface area contributed by atoms with Gasteiger partial charge >= 0.3 is 0 Å². The van der Waals surface area contributed by atoms with Gasteiger partial charge in [-0.05, 0) is 25.1 Å². The summed E-state index contributed by atoms with van der Waals surface area (Å²) in [6, 6.07) is 6.55. The molecule has 0 unspecified atom stereocenters. The van der Waals surface area contributed by atoms with E-state index in [1.54, 1.807) is 25.1 Å². The lowest BCUT2D eigenvalue weighted by Crippen LogP contribution is -2.11. The number of amidine groups is 1. The fourth-order valence-electron chi connectivity index (χ4n) is 1.49. The molecule has 1 aromatic carbocycles. The van der Waals surface area contributed by atoms with Gasteiger partial charge in [0.05, 0.1) is 5.02 Å². The highest BCUT2D eigenvalue weighted by molar-refractivity contribution is 7.99. The van der Waals surface area contributed by atoms with E-state index in [-0.39, 0.29) is 11.4 Å². The average molecular weight is 295 g/mol. The monoisotopic (exact) mass is 294 g/mol. The molecule has 0 aliphatic carbocycles. The van der Waals surface area contributed by atoms with Crippen LogP contribution in [0.5, 0.6) is 0 Å². The summed E-state index contributed by atoms with van der Waals surface area (Å²) in [5.41, 5.74) is 6.33. The number of halogens is 1. The smallest absolute Gasteiger partial charge is 0.251 e. The fraction of sp³-hybridized carbons (Fsp3) is 0.0833. The minimum Gasteiger partial charge on any atom is -0.384 e. The first-order chi connectivity index (χ1) is 8.95. The Hall–Kier alpha value is -1.79. The van der Waals surface area contributed by atoms with Crippen molar-refractivity contribution in [2.75, 3.05) is 0 Å². The van der Waals surface area contributed by atoms with Gasteiger partial charge in [-0.1, -0.05) is 23.4 Å². The second-order valence-electron chi connectivity index (χ2n) is 3.85. The molecule has 0 radical (unpaired) electrons. The number of aromatic nitrogens is 2. The lowest BCUT2D eigenvalue weighted by Gasteiger charge is -2.05. The SMILES string of the molecule is Cc1cc(=O)[nH]c(Sc2ccc(C(=N)N)c(Cl)c2)n1. The lowest BCUT2D eigenvalue weighted by atomic mass is 10.2. The summed E-state index contributed by atoms with van der Waals surface area (Å²) < 4.78 is 0. The number of aryl methyl sites for hydroxylation is 1. The van der Waals surface area contributed by atoms with Crippen LogP contribution in [0.25, 0.3) is 0 Å². The predicted octanol–water partition coefficient (Wildman–Crippen LogP) is 2.17. The molecule has 4 N–H and O–H groups in total. The second kappa shape index (κ2) is 5.46. The Bertz CT molecular complexity index is 698. The highest BCUT2D eigenvalue weighted by atomic mass is 35.5. The van der Waals surface area contributed by atoms with Crippen LogP contribution in [0.1, 0.15) is 11.3 Å². The van der Waals surface area contributed by atoms with Gasteiger partial charge in [-0.3, -0.25) is 10.2 Å². The Morgan fingerprint density at radius 2 is 2.21 bits per heavy atom. The molecule has 0 saturated carbocycles. The van der Waals surface area contributed by atoms with Crippen LogP contribution in [0.2, 0.25) is 5.02 Å². The maximum atomic E-state index is 11.3. The Morgan fingerprint density at radius 3 is 2.79 bits per heavy atom. The normalized spacial score (nSPS) is 10.4. The molecule has 19 heavy (non-hydrogen) atoms. The maximum absolute atomic E-state index is 11.3. The highest BCUT2D eigenvalue weighted by Gasteiger charge is 2.07. The summed E-state index contributed by atoms with van der Waals surface area (Å²) in [6.45, 7) is 1.76. The number of nitrogens with one attached hydrogen (secondary N) is 2. The molecule has 0 atom stereocenters. The molecule has 0 spiro atoms. The van der Waals surface area contributed by atoms with Crippen LogP contribution in [-0.4, -0.2) is 15.8 Å². The number of nitrogens with two attached hydrogens (primary N) is 1. The summed E-state index contributed by atoms with van der Waals surface area (Å²) in [6.07, 6.45) is 0. The van der Waals surface area contributed by atoms with Crippen LogP contribution >= 0.6 is 23.4 Å². The summed E-state index contributed by atoms with van der Waals surface area (Å²) in [4.78, 5) is 19.0. The van der Waals surface area contributed by atoms with Crippen molar-refractivity contribution in [3.05, 3.63) is 50.9 Å². The molecule has 0 saturated heterocycles. The number of nitrogen functional groups attached to an aromatic ring is 1. The van der Waals surface area contributed by atoms with Gasteiger partial charge in [-0.2, -0.15) is 0 Å². The molecule has 0 fully saturated rings. The van der Waals surface area contributed by atoms with E-state index in [1.165, 1.54) is 17.8 Å². The largest absolute Gasteiger partial charge is 0.384 e. The van der Waals surface area contributed by atoms with E-state index in [9.17, 15) is 4.79 Å². The Balaban J connectivity index is 2.31. The van der Waals surface area contributed by atoms with Crippen molar-refractivity contribution >= 4 is 29.2 Å². The third kappa shape index (κ3) is 3.36. The number of rotatable bonds is 3. The first-order valence-electron chi connectivity index (χ1n) is 5.35. The van der Waals surface area contributed by atoms with Gasteiger partial charge in [0.25, 0.3) is 5.56 Å². The van der Waals surface area contributed by atoms with E-state index in [2.05, 4.69) is 9.97 Å². The molecule has 5 nitrogen and oxygen atoms in total. The van der Waals surface area contributed by atoms with Gasteiger partial charge in [-0.25, -0.2) is 4.98 Å². The van der Waals surface area contributed by atoms with Crippen molar-refractivity contribution in [3.63, 3.8) is 0 Å². The van der Waals surface area contributed by atoms with Crippen LogP contribution in [0, 0.1) is 12.3 Å². The molecule has 2 rings (SSSR count). The fourth-order valence-corrected chi connectivity index (χ4v) is 2.71. The van der Waals surface area contributed by atoms with E-state index < -0.39 is 0 Å². The number of H-pyrrole nitrogens is 1. The second-order valence-corrected chi connectivity index (χ2v) is 5.32. The summed E-state index contributed by atoms with van der Waals surface area (Å²) in [5, 5.41) is 8.24. The zero-order chi connectivity index (χ0) is 14.0. The number of benzene rings is 1. The van der Waals surface area contributed by atoms with Crippen LogP contribution in [0.15, 0.2) is 39.1 Å². The Morgan fingerprint density at radius 1 is 1.47 bits per heavy atom. The summed E-state index contributed by atoms with van der Waals surface area (Å²) in [5.74, 6) is -0.0800. The van der Waals surface area contributed by atoms with E-state index in [0.29, 0.717) is 21.4 Å². The number of hydrogen-bond donors (Lipinski definition) is 3. The third-order valence-electron chi connectivity index (χ3n) is 2.29. The first-order valence-corrected chi connectivity index (χ1v) is 6.55. The molecular formula is C12H11ClN4OS. The minimum atomic E-state index is -0.193. The van der Waals surface area contributed by atoms with Crippen molar-refractivity contribution in [2.24, 2.45) is 5.73 Å². The first kappa shape index (κ1) is 13.6. The van der Waals surface area contributed by atoms with E-state index in [4.69, 9.17) is 22.7 Å². The molecule has 0 amide bonds. The lowest BCUT2D eigenvalue weighted by molar-refractivity contribution is 0.905. The van der Waals surface area contributed by atoms with E-state index in [1.807, 2.05) is 0 Å². The molecule has 98 valence electrons. The van der Waals surface area contributed by atoms with Gasteiger partial charge in [0.2, 0.25) is 0 Å². The zero-order valence-electron chi connectivity index (χ0n) is 10.0. The topological polar surface area (TPSA) is 95.6 Å². The molecular weight excluding hydrogens is 284 g/mol. The summed E-state index contributed by atoms with van der Waals surface area (Å²) in [7, 11) is 0. The molecule has 1 aromatic heterocycles. The van der Waals surface area contributed by atoms with Crippen LogP contribution in [0.3, 0.4) is 0 Å². The van der Waals surface area contributed by atoms with Crippen LogP contribution in [0.4, 0.5) is 0 Å². The average Bonchev–Trinajstić information content (AvgIpc) is 2.26. The predicted molar refractivity (Wildman–Crippen MR) is 76.2 cm³/mol. The van der Waals surface area contributed by atoms with Gasteiger partial charge in [0.1, 0.15) is 5.84 Å². The Labute approximate surface area is 118 Å². The number of hydrogen-bond acceptors (Lipinski definition) is 4. The minimum absolute atomic E-state index is 0.0800. The van der Waals surface area contributed by atoms with Crippen molar-refractivity contribution in [3.8, 4) is 0 Å². The number of nitrogens with zero attached hydrogens (tertiary/aromatic N) is 1.